The molecule has 2 N–H and O–H groups in total. The summed E-state index contributed by atoms with van der Waals surface area (Å²) in [5, 5.41) is 5.76. The third-order valence-corrected chi connectivity index (χ3v) is 4.55. The van der Waals surface area contributed by atoms with Crippen LogP contribution in [0.3, 0.4) is 0 Å². The van der Waals surface area contributed by atoms with Gasteiger partial charge in [0, 0.05) is 27.2 Å². The predicted molar refractivity (Wildman–Crippen MR) is 77.1 cm³/mol. The van der Waals surface area contributed by atoms with Gasteiger partial charge in [0.1, 0.15) is 0 Å². The van der Waals surface area contributed by atoms with E-state index in [0.717, 1.165) is 19.0 Å². The summed E-state index contributed by atoms with van der Waals surface area (Å²) in [4.78, 5) is 17.9. The van der Waals surface area contributed by atoms with E-state index in [1.807, 2.05) is 0 Å². The first-order valence-corrected chi connectivity index (χ1v) is 7.35. The Kier molecular flexibility index (Phi) is 4.66. The maximum Gasteiger partial charge on any atom is 0.239 e. The third-order valence-electron chi connectivity index (χ3n) is 4.55. The SMILES string of the molecule is CN=C(NCC(=O)NC)N1CCC2(CCCCC2)C1. The maximum absolute atomic E-state index is 11.3. The molecule has 1 amide bonds. The fraction of sp³-hybridized carbons (Fsp3) is 0.857. The minimum Gasteiger partial charge on any atom is -0.358 e. The average Bonchev–Trinajstić information content (AvgIpc) is 2.83. The van der Waals surface area contributed by atoms with Gasteiger partial charge in [-0.3, -0.25) is 9.79 Å². The van der Waals surface area contributed by atoms with Crippen LogP contribution < -0.4 is 10.6 Å². The van der Waals surface area contributed by atoms with Crippen LogP contribution in [0.5, 0.6) is 0 Å². The van der Waals surface area contributed by atoms with E-state index in [1.54, 1.807) is 14.1 Å². The van der Waals surface area contributed by atoms with Gasteiger partial charge < -0.3 is 15.5 Å². The molecular formula is C14H26N4O. The molecule has 0 unspecified atom stereocenters. The Labute approximate surface area is 115 Å². The molecule has 0 aromatic rings. The van der Waals surface area contributed by atoms with E-state index in [2.05, 4.69) is 20.5 Å². The zero-order chi connectivity index (χ0) is 13.7. The van der Waals surface area contributed by atoms with Gasteiger partial charge in [-0.15, -0.1) is 0 Å². The molecule has 1 spiro atoms. The number of hydrogen-bond acceptors (Lipinski definition) is 2. The fourth-order valence-electron chi connectivity index (χ4n) is 3.41. The van der Waals surface area contributed by atoms with Crippen LogP contribution in [0.15, 0.2) is 4.99 Å². The second kappa shape index (κ2) is 6.26. The van der Waals surface area contributed by atoms with E-state index < -0.39 is 0 Å². The van der Waals surface area contributed by atoms with E-state index in [-0.39, 0.29) is 5.91 Å². The standard InChI is InChI=1S/C14H26N4O/c1-15-12(19)10-17-13(16-2)18-9-8-14(11-18)6-4-3-5-7-14/h3-11H2,1-2H3,(H,15,19)(H,16,17). The molecule has 5 heteroatoms. The number of guanidine groups is 1. The van der Waals surface area contributed by atoms with E-state index in [1.165, 1.54) is 38.5 Å². The lowest BCUT2D eigenvalue weighted by atomic mass is 9.73. The van der Waals surface area contributed by atoms with Crippen molar-refractivity contribution in [3.63, 3.8) is 0 Å². The Morgan fingerprint density at radius 2 is 2.00 bits per heavy atom. The van der Waals surface area contributed by atoms with Crippen molar-refractivity contribution in [2.75, 3.05) is 33.7 Å². The van der Waals surface area contributed by atoms with Crippen LogP contribution in [-0.4, -0.2) is 50.5 Å². The molecule has 19 heavy (non-hydrogen) atoms. The number of nitrogens with one attached hydrogen (secondary N) is 2. The van der Waals surface area contributed by atoms with Crippen LogP contribution >= 0.6 is 0 Å². The number of nitrogens with zero attached hydrogens (tertiary/aromatic N) is 2. The molecular weight excluding hydrogens is 240 g/mol. The van der Waals surface area contributed by atoms with E-state index in [4.69, 9.17) is 0 Å². The van der Waals surface area contributed by atoms with Gasteiger partial charge >= 0.3 is 0 Å². The van der Waals surface area contributed by atoms with Crippen molar-refractivity contribution in [2.24, 2.45) is 10.4 Å². The lowest BCUT2D eigenvalue weighted by Gasteiger charge is -2.33. The summed E-state index contributed by atoms with van der Waals surface area (Å²) in [5.74, 6) is 0.860. The van der Waals surface area contributed by atoms with Gasteiger partial charge in [0.05, 0.1) is 6.54 Å². The Bertz CT molecular complexity index is 347. The van der Waals surface area contributed by atoms with Gasteiger partial charge in [-0.05, 0) is 24.7 Å². The summed E-state index contributed by atoms with van der Waals surface area (Å²) in [6.45, 7) is 2.46. The van der Waals surface area contributed by atoms with E-state index in [9.17, 15) is 4.79 Å². The van der Waals surface area contributed by atoms with E-state index >= 15 is 0 Å². The van der Waals surface area contributed by atoms with Gasteiger partial charge in [-0.1, -0.05) is 19.3 Å². The van der Waals surface area contributed by atoms with Crippen molar-refractivity contribution in [2.45, 2.75) is 38.5 Å². The van der Waals surface area contributed by atoms with Gasteiger partial charge in [0.25, 0.3) is 0 Å². The zero-order valence-electron chi connectivity index (χ0n) is 12.2. The average molecular weight is 266 g/mol. The lowest BCUT2D eigenvalue weighted by molar-refractivity contribution is -0.119. The van der Waals surface area contributed by atoms with Crippen molar-refractivity contribution >= 4 is 11.9 Å². The summed E-state index contributed by atoms with van der Waals surface area (Å²) in [6, 6.07) is 0. The Morgan fingerprint density at radius 3 is 2.63 bits per heavy atom. The highest BCUT2D eigenvalue weighted by atomic mass is 16.1. The van der Waals surface area contributed by atoms with Crippen LogP contribution in [-0.2, 0) is 4.79 Å². The molecule has 0 radical (unpaired) electrons. The second-order valence-corrected chi connectivity index (χ2v) is 5.81. The first-order valence-electron chi connectivity index (χ1n) is 7.35. The van der Waals surface area contributed by atoms with E-state index in [0.29, 0.717) is 12.0 Å². The number of carbonyl (C=O) groups is 1. The fourth-order valence-corrected chi connectivity index (χ4v) is 3.41. The number of carbonyl (C=O) groups excluding carboxylic acids is 1. The summed E-state index contributed by atoms with van der Waals surface area (Å²) < 4.78 is 0. The van der Waals surface area contributed by atoms with Gasteiger partial charge in [0.2, 0.25) is 5.91 Å². The monoisotopic (exact) mass is 266 g/mol. The molecule has 0 bridgehead atoms. The topological polar surface area (TPSA) is 56.7 Å². The first-order chi connectivity index (χ1) is 9.19. The quantitative estimate of drug-likeness (QED) is 0.578. The molecule has 1 heterocycles. The highest BCUT2D eigenvalue weighted by molar-refractivity contribution is 5.86. The number of aliphatic imine (C=N–C) groups is 1. The second-order valence-electron chi connectivity index (χ2n) is 5.81. The van der Waals surface area contributed by atoms with Crippen molar-refractivity contribution in [3.8, 4) is 0 Å². The van der Waals surface area contributed by atoms with Crippen LogP contribution in [0.2, 0.25) is 0 Å². The number of likely N-dealkylation sites (N-methyl/N-ethyl adjacent to an activating group) is 1. The summed E-state index contributed by atoms with van der Waals surface area (Å²) in [7, 11) is 3.44. The van der Waals surface area contributed by atoms with Crippen molar-refractivity contribution < 1.29 is 4.79 Å². The molecule has 1 saturated heterocycles. The summed E-state index contributed by atoms with van der Waals surface area (Å²) in [6.07, 6.45) is 8.13. The smallest absolute Gasteiger partial charge is 0.239 e. The molecule has 0 aromatic heterocycles. The molecule has 108 valence electrons. The molecule has 0 atom stereocenters. The largest absolute Gasteiger partial charge is 0.358 e. The number of likely N-dealkylation sites (tertiary alicyclic amines) is 1. The maximum atomic E-state index is 11.3. The van der Waals surface area contributed by atoms with Crippen molar-refractivity contribution in [1.29, 1.82) is 0 Å². The highest BCUT2D eigenvalue weighted by Crippen LogP contribution is 2.43. The highest BCUT2D eigenvalue weighted by Gasteiger charge is 2.39. The van der Waals surface area contributed by atoms with Crippen molar-refractivity contribution in [1.82, 2.24) is 15.5 Å². The summed E-state index contributed by atoms with van der Waals surface area (Å²) >= 11 is 0. The van der Waals surface area contributed by atoms with Crippen molar-refractivity contribution in [3.05, 3.63) is 0 Å². The summed E-state index contributed by atoms with van der Waals surface area (Å²) in [5.41, 5.74) is 0.517. The minimum atomic E-state index is -0.00673. The Morgan fingerprint density at radius 1 is 1.26 bits per heavy atom. The van der Waals surface area contributed by atoms with Crippen LogP contribution in [0.25, 0.3) is 0 Å². The van der Waals surface area contributed by atoms with Gasteiger partial charge in [0.15, 0.2) is 5.96 Å². The Hall–Kier alpha value is -1.26. The predicted octanol–water partition coefficient (Wildman–Crippen LogP) is 0.964. The molecule has 1 saturated carbocycles. The molecule has 2 aliphatic rings. The number of amides is 1. The molecule has 1 aliphatic carbocycles. The third kappa shape index (κ3) is 3.39. The minimum absolute atomic E-state index is 0.00673. The van der Waals surface area contributed by atoms with Gasteiger partial charge in [-0.25, -0.2) is 0 Å². The normalized spacial score (nSPS) is 22.6. The van der Waals surface area contributed by atoms with Gasteiger partial charge in [-0.2, -0.15) is 0 Å². The van der Waals surface area contributed by atoms with Crippen LogP contribution in [0.1, 0.15) is 38.5 Å². The molecule has 2 fully saturated rings. The molecule has 5 nitrogen and oxygen atoms in total. The van der Waals surface area contributed by atoms with Crippen LogP contribution in [0.4, 0.5) is 0 Å². The van der Waals surface area contributed by atoms with Crippen LogP contribution in [0, 0.1) is 5.41 Å². The number of hydrogen-bond donors (Lipinski definition) is 2. The Balaban J connectivity index is 1.89. The number of rotatable bonds is 2. The molecule has 0 aromatic carbocycles. The zero-order valence-corrected chi connectivity index (χ0v) is 12.2. The first kappa shape index (κ1) is 14.2. The molecule has 2 rings (SSSR count). The lowest BCUT2D eigenvalue weighted by Crippen LogP contribution is -2.45. The molecule has 1 aliphatic heterocycles.